The summed E-state index contributed by atoms with van der Waals surface area (Å²) in [6, 6.07) is 0. The molecule has 4 heteroatoms. The van der Waals surface area contributed by atoms with Crippen molar-refractivity contribution in [2.45, 2.75) is 6.92 Å². The Hall–Kier alpha value is -0.220. The molecular formula is C5H11NO2S. The molecule has 0 aliphatic heterocycles. The van der Waals surface area contributed by atoms with Gasteiger partial charge in [0, 0.05) is 7.05 Å². The van der Waals surface area contributed by atoms with Crippen LogP contribution in [0, 0.1) is 0 Å². The van der Waals surface area contributed by atoms with Crippen molar-refractivity contribution in [2.75, 3.05) is 19.5 Å². The average molecular weight is 149 g/mol. The molecule has 3 nitrogen and oxygen atoms in total. The maximum atomic E-state index is 10.7. The van der Waals surface area contributed by atoms with Crippen molar-refractivity contribution in [1.82, 2.24) is 4.90 Å². The highest BCUT2D eigenvalue weighted by atomic mass is 32.2. The highest BCUT2D eigenvalue weighted by Crippen LogP contribution is 2.04. The van der Waals surface area contributed by atoms with Gasteiger partial charge in [0.15, 0.2) is 0 Å². The molecule has 0 radical (unpaired) electrons. The fourth-order valence-corrected chi connectivity index (χ4v) is 0.816. The van der Waals surface area contributed by atoms with Crippen LogP contribution in [0.2, 0.25) is 0 Å². The molecule has 0 heterocycles. The number of rotatable bonds is 2. The molecule has 0 spiro atoms. The largest absolute Gasteiger partial charge is 0.376 e. The minimum atomic E-state index is -0.203. The Balaban J connectivity index is 3.46. The number of carbonyl (C=O) groups is 1. The van der Waals surface area contributed by atoms with Crippen LogP contribution >= 0.6 is 11.8 Å². The third-order valence-electron chi connectivity index (χ3n) is 0.792. The van der Waals surface area contributed by atoms with E-state index in [-0.39, 0.29) is 12.0 Å². The molecule has 9 heavy (non-hydrogen) atoms. The van der Waals surface area contributed by atoms with Crippen LogP contribution in [0.5, 0.6) is 0 Å². The van der Waals surface area contributed by atoms with E-state index >= 15 is 0 Å². The Bertz CT molecular complexity index is 97.0. The second-order valence-corrected chi connectivity index (χ2v) is 2.75. The lowest BCUT2D eigenvalue weighted by Gasteiger charge is -2.10. The number of aliphatic hydroxyl groups is 1. The molecule has 0 saturated heterocycles. The van der Waals surface area contributed by atoms with Crippen molar-refractivity contribution in [2.24, 2.45) is 0 Å². The average Bonchev–Trinajstić information content (AvgIpc) is 1.87. The first kappa shape index (κ1) is 8.78. The normalized spacial score (nSPS) is 9.22. The second-order valence-electron chi connectivity index (χ2n) is 1.54. The smallest absolute Gasteiger partial charge is 0.283 e. The van der Waals surface area contributed by atoms with Gasteiger partial charge in [-0.2, -0.15) is 0 Å². The maximum absolute atomic E-state index is 10.7. The van der Waals surface area contributed by atoms with Gasteiger partial charge in [0.25, 0.3) is 5.24 Å². The van der Waals surface area contributed by atoms with E-state index in [1.807, 2.05) is 6.92 Å². The van der Waals surface area contributed by atoms with Crippen LogP contribution in [0.25, 0.3) is 0 Å². The maximum Gasteiger partial charge on any atom is 0.283 e. The Morgan fingerprint density at radius 1 is 1.78 bits per heavy atom. The Morgan fingerprint density at radius 2 is 2.33 bits per heavy atom. The SMILES string of the molecule is CCSC(=O)N(C)CO. The van der Waals surface area contributed by atoms with Gasteiger partial charge in [0.2, 0.25) is 0 Å². The van der Waals surface area contributed by atoms with Crippen molar-refractivity contribution in [3.8, 4) is 0 Å². The van der Waals surface area contributed by atoms with E-state index in [9.17, 15) is 4.79 Å². The fourth-order valence-electron chi connectivity index (χ4n) is 0.291. The van der Waals surface area contributed by atoms with Gasteiger partial charge in [-0.15, -0.1) is 0 Å². The molecule has 0 bridgehead atoms. The molecule has 0 fully saturated rings. The first-order valence-electron chi connectivity index (χ1n) is 2.71. The number of hydrogen-bond donors (Lipinski definition) is 1. The summed E-state index contributed by atoms with van der Waals surface area (Å²) in [5, 5.41) is 8.34. The van der Waals surface area contributed by atoms with Crippen LogP contribution in [0.15, 0.2) is 0 Å². The number of hydrogen-bond acceptors (Lipinski definition) is 3. The molecule has 0 unspecified atom stereocenters. The lowest BCUT2D eigenvalue weighted by atomic mass is 10.9. The number of nitrogens with zero attached hydrogens (tertiary/aromatic N) is 1. The van der Waals surface area contributed by atoms with Crippen molar-refractivity contribution in [3.63, 3.8) is 0 Å². The van der Waals surface area contributed by atoms with Crippen LogP contribution in [0.1, 0.15) is 6.92 Å². The van der Waals surface area contributed by atoms with Gasteiger partial charge in [-0.1, -0.05) is 18.7 Å². The van der Waals surface area contributed by atoms with Crippen molar-refractivity contribution < 1.29 is 9.90 Å². The monoisotopic (exact) mass is 149 g/mol. The third kappa shape index (κ3) is 3.37. The molecule has 54 valence electrons. The van der Waals surface area contributed by atoms with E-state index in [4.69, 9.17) is 5.11 Å². The molecule has 0 atom stereocenters. The van der Waals surface area contributed by atoms with Gasteiger partial charge in [-0.05, 0) is 5.75 Å². The van der Waals surface area contributed by atoms with E-state index in [0.29, 0.717) is 0 Å². The number of thioether (sulfide) groups is 1. The summed E-state index contributed by atoms with van der Waals surface area (Å²) < 4.78 is 0. The Labute approximate surface area is 59.0 Å². The van der Waals surface area contributed by atoms with Gasteiger partial charge >= 0.3 is 0 Å². The summed E-state index contributed by atoms with van der Waals surface area (Å²) in [5.74, 6) is 0.753. The molecular weight excluding hydrogens is 138 g/mol. The predicted octanol–water partition coefficient (Wildman–Crippen LogP) is 0.741. The van der Waals surface area contributed by atoms with Gasteiger partial charge in [-0.25, -0.2) is 0 Å². The molecule has 1 N–H and O–H groups in total. The number of carbonyl (C=O) groups excluding carboxylic acids is 1. The summed E-state index contributed by atoms with van der Waals surface area (Å²) in [6.45, 7) is 1.69. The van der Waals surface area contributed by atoms with E-state index in [1.165, 1.54) is 16.7 Å². The van der Waals surface area contributed by atoms with Crippen LogP contribution in [-0.2, 0) is 0 Å². The fraction of sp³-hybridized carbons (Fsp3) is 0.800. The molecule has 0 rings (SSSR count). The van der Waals surface area contributed by atoms with Crippen LogP contribution in [0.3, 0.4) is 0 Å². The Kier molecular flexibility index (Phi) is 4.53. The van der Waals surface area contributed by atoms with Crippen molar-refractivity contribution in [1.29, 1.82) is 0 Å². The molecule has 0 aromatic carbocycles. The predicted molar refractivity (Wildman–Crippen MR) is 38.4 cm³/mol. The van der Waals surface area contributed by atoms with Gasteiger partial charge in [0.05, 0.1) is 0 Å². The Morgan fingerprint density at radius 3 is 2.67 bits per heavy atom. The first-order valence-corrected chi connectivity index (χ1v) is 3.69. The minimum absolute atomic E-state index is 0.0833. The standard InChI is InChI=1S/C5H11NO2S/c1-3-9-5(8)6(2)4-7/h7H,3-4H2,1-2H3. The molecule has 0 aliphatic carbocycles. The molecule has 0 aliphatic rings. The topological polar surface area (TPSA) is 40.5 Å². The van der Waals surface area contributed by atoms with Crippen LogP contribution in [0.4, 0.5) is 4.79 Å². The first-order chi connectivity index (χ1) is 4.22. The molecule has 0 aromatic heterocycles. The lowest BCUT2D eigenvalue weighted by molar-refractivity contribution is 0.157. The zero-order valence-corrected chi connectivity index (χ0v) is 6.44. The van der Waals surface area contributed by atoms with E-state index in [0.717, 1.165) is 5.75 Å². The summed E-state index contributed by atoms with van der Waals surface area (Å²) in [6.07, 6.45) is 0. The van der Waals surface area contributed by atoms with Gasteiger partial charge in [-0.3, -0.25) is 4.79 Å². The summed E-state index contributed by atoms with van der Waals surface area (Å²) in [7, 11) is 1.56. The van der Waals surface area contributed by atoms with Crippen molar-refractivity contribution >= 4 is 17.0 Å². The van der Waals surface area contributed by atoms with Crippen LogP contribution in [-0.4, -0.2) is 34.8 Å². The summed E-state index contributed by atoms with van der Waals surface area (Å²) in [5.41, 5.74) is 0. The zero-order valence-electron chi connectivity index (χ0n) is 5.63. The minimum Gasteiger partial charge on any atom is -0.376 e. The van der Waals surface area contributed by atoms with Gasteiger partial charge < -0.3 is 10.0 Å². The van der Waals surface area contributed by atoms with E-state index in [1.54, 1.807) is 7.05 Å². The molecule has 1 amide bonds. The third-order valence-corrected chi connectivity index (χ3v) is 1.64. The van der Waals surface area contributed by atoms with E-state index < -0.39 is 0 Å². The number of aliphatic hydroxyl groups excluding tert-OH is 1. The highest BCUT2D eigenvalue weighted by Gasteiger charge is 2.04. The van der Waals surface area contributed by atoms with Crippen molar-refractivity contribution in [3.05, 3.63) is 0 Å². The highest BCUT2D eigenvalue weighted by molar-refractivity contribution is 8.13. The van der Waals surface area contributed by atoms with E-state index in [2.05, 4.69) is 0 Å². The zero-order chi connectivity index (χ0) is 7.28. The number of amides is 1. The lowest BCUT2D eigenvalue weighted by Crippen LogP contribution is -2.23. The summed E-state index contributed by atoms with van der Waals surface area (Å²) >= 11 is 1.19. The second kappa shape index (κ2) is 4.64. The molecule has 0 aromatic rings. The summed E-state index contributed by atoms with van der Waals surface area (Å²) in [4.78, 5) is 12.0. The quantitative estimate of drug-likeness (QED) is 0.589. The van der Waals surface area contributed by atoms with Gasteiger partial charge in [0.1, 0.15) is 6.73 Å². The molecule has 0 saturated carbocycles. The van der Waals surface area contributed by atoms with Crippen LogP contribution < -0.4 is 0 Å².